The predicted octanol–water partition coefficient (Wildman–Crippen LogP) is 3.96. The fourth-order valence-electron chi connectivity index (χ4n) is 2.84. The average molecular weight is 407 g/mol. The van der Waals surface area contributed by atoms with Crippen molar-refractivity contribution in [1.82, 2.24) is 14.9 Å². The minimum Gasteiger partial charge on any atom is -0.343 e. The lowest BCUT2D eigenvalue weighted by molar-refractivity contribution is -0.123. The van der Waals surface area contributed by atoms with Crippen molar-refractivity contribution in [2.45, 2.75) is 20.0 Å². The summed E-state index contributed by atoms with van der Waals surface area (Å²) >= 11 is 5.32. The van der Waals surface area contributed by atoms with E-state index >= 15 is 0 Å². The van der Waals surface area contributed by atoms with Crippen LogP contribution in [0.25, 0.3) is 16.6 Å². The van der Waals surface area contributed by atoms with Crippen LogP contribution in [-0.4, -0.2) is 28.2 Å². The number of hydrogen-bond donors (Lipinski definition) is 2. The molecule has 0 bridgehead atoms. The lowest BCUT2D eigenvalue weighted by Crippen LogP contribution is -2.33. The number of carbonyl (C=O) groups excluding carboxylic acids is 1. The molecule has 9 heteroatoms. The van der Waals surface area contributed by atoms with Crippen LogP contribution in [0.1, 0.15) is 21.5 Å². The van der Waals surface area contributed by atoms with Crippen LogP contribution in [0.15, 0.2) is 41.2 Å². The van der Waals surface area contributed by atoms with Gasteiger partial charge in [-0.25, -0.2) is 0 Å². The molecular weight excluding hydrogens is 391 g/mol. The number of H-pyrrole nitrogens is 1. The summed E-state index contributed by atoms with van der Waals surface area (Å²) in [7, 11) is 0. The van der Waals surface area contributed by atoms with Crippen molar-refractivity contribution in [3.63, 3.8) is 0 Å². The summed E-state index contributed by atoms with van der Waals surface area (Å²) in [4.78, 5) is 27.8. The standard InChI is InChI=1S/C19H16F3N3O2S/c1-10-4-3-5-15(11(10)2)25-17(27)13-7-6-12(8-14(13)24-18(25)28)16(26)23-9-19(20,21)22/h3-8H,9H2,1-2H3,(H,23,26)(H,24,28). The molecule has 0 atom stereocenters. The molecule has 146 valence electrons. The maximum absolute atomic E-state index is 13.0. The Labute approximate surface area is 162 Å². The zero-order valence-corrected chi connectivity index (χ0v) is 15.8. The number of alkyl halides is 3. The summed E-state index contributed by atoms with van der Waals surface area (Å²) in [5.41, 5.74) is 2.42. The first-order valence-electron chi connectivity index (χ1n) is 8.29. The number of aryl methyl sites for hydroxylation is 1. The number of aromatic amines is 1. The predicted molar refractivity (Wildman–Crippen MR) is 103 cm³/mol. The van der Waals surface area contributed by atoms with Crippen molar-refractivity contribution in [3.8, 4) is 5.69 Å². The molecule has 2 N–H and O–H groups in total. The molecule has 0 aliphatic carbocycles. The Kier molecular flexibility index (Phi) is 5.12. The average Bonchev–Trinajstić information content (AvgIpc) is 2.62. The van der Waals surface area contributed by atoms with Gasteiger partial charge in [-0.1, -0.05) is 12.1 Å². The number of carbonyl (C=O) groups is 1. The zero-order valence-electron chi connectivity index (χ0n) is 15.0. The molecule has 0 aliphatic rings. The van der Waals surface area contributed by atoms with Gasteiger partial charge in [-0.15, -0.1) is 0 Å². The van der Waals surface area contributed by atoms with Gasteiger partial charge in [0.25, 0.3) is 11.5 Å². The quantitative estimate of drug-likeness (QED) is 0.646. The van der Waals surface area contributed by atoms with Crippen LogP contribution >= 0.6 is 12.2 Å². The van der Waals surface area contributed by atoms with E-state index in [-0.39, 0.29) is 26.8 Å². The van der Waals surface area contributed by atoms with Crippen molar-refractivity contribution >= 4 is 29.0 Å². The van der Waals surface area contributed by atoms with Gasteiger partial charge in [0.15, 0.2) is 4.77 Å². The molecule has 0 saturated heterocycles. The van der Waals surface area contributed by atoms with Crippen molar-refractivity contribution < 1.29 is 18.0 Å². The minimum atomic E-state index is -4.51. The molecule has 0 aliphatic heterocycles. The Morgan fingerprint density at radius 2 is 1.93 bits per heavy atom. The molecule has 0 spiro atoms. The van der Waals surface area contributed by atoms with Gasteiger partial charge in [-0.2, -0.15) is 13.2 Å². The summed E-state index contributed by atoms with van der Waals surface area (Å²) in [5.74, 6) is -0.891. The molecule has 0 saturated carbocycles. The molecule has 0 fully saturated rings. The molecular formula is C19H16F3N3O2S. The van der Waals surface area contributed by atoms with Crippen LogP contribution in [-0.2, 0) is 0 Å². The van der Waals surface area contributed by atoms with Crippen LogP contribution in [0.3, 0.4) is 0 Å². The summed E-state index contributed by atoms with van der Waals surface area (Å²) in [6.07, 6.45) is -4.51. The van der Waals surface area contributed by atoms with Crippen molar-refractivity contribution in [1.29, 1.82) is 0 Å². The fourth-order valence-corrected chi connectivity index (χ4v) is 3.13. The van der Waals surface area contributed by atoms with Crippen LogP contribution in [0, 0.1) is 18.6 Å². The number of hydrogen-bond acceptors (Lipinski definition) is 3. The monoisotopic (exact) mass is 407 g/mol. The highest BCUT2D eigenvalue weighted by atomic mass is 32.1. The third kappa shape index (κ3) is 3.84. The van der Waals surface area contributed by atoms with E-state index in [1.807, 2.05) is 26.0 Å². The highest BCUT2D eigenvalue weighted by Gasteiger charge is 2.28. The van der Waals surface area contributed by atoms with Gasteiger partial charge in [0.1, 0.15) is 6.54 Å². The van der Waals surface area contributed by atoms with E-state index < -0.39 is 18.6 Å². The molecule has 5 nitrogen and oxygen atoms in total. The second kappa shape index (κ2) is 7.23. The van der Waals surface area contributed by atoms with Crippen LogP contribution in [0.2, 0.25) is 0 Å². The Bertz CT molecular complexity index is 1200. The number of amides is 1. The fraction of sp³-hybridized carbons (Fsp3) is 0.211. The Hall–Kier alpha value is -2.94. The first-order valence-corrected chi connectivity index (χ1v) is 8.70. The smallest absolute Gasteiger partial charge is 0.343 e. The summed E-state index contributed by atoms with van der Waals surface area (Å²) in [5, 5.41) is 2.06. The first-order chi connectivity index (χ1) is 13.1. The van der Waals surface area contributed by atoms with E-state index in [9.17, 15) is 22.8 Å². The lowest BCUT2D eigenvalue weighted by Gasteiger charge is -2.13. The third-order valence-corrected chi connectivity index (χ3v) is 4.71. The Balaban J connectivity index is 2.09. The maximum atomic E-state index is 13.0. The van der Waals surface area contributed by atoms with E-state index in [1.54, 1.807) is 11.4 Å². The zero-order chi connectivity index (χ0) is 20.6. The van der Waals surface area contributed by atoms with E-state index in [0.29, 0.717) is 5.69 Å². The largest absolute Gasteiger partial charge is 0.405 e. The minimum absolute atomic E-state index is 0.00807. The molecule has 3 rings (SSSR count). The maximum Gasteiger partial charge on any atom is 0.405 e. The molecule has 3 aromatic rings. The number of nitrogens with zero attached hydrogens (tertiary/aromatic N) is 1. The number of halogens is 3. The van der Waals surface area contributed by atoms with Crippen molar-refractivity contribution in [2.75, 3.05) is 6.54 Å². The van der Waals surface area contributed by atoms with Gasteiger partial charge in [0.2, 0.25) is 0 Å². The highest BCUT2D eigenvalue weighted by molar-refractivity contribution is 7.71. The number of rotatable bonds is 3. The summed E-state index contributed by atoms with van der Waals surface area (Å²) < 4.78 is 38.3. The van der Waals surface area contributed by atoms with Gasteiger partial charge in [-0.05, 0) is 61.5 Å². The molecule has 0 unspecified atom stereocenters. The number of fused-ring (bicyclic) bond motifs is 1. The van der Waals surface area contributed by atoms with Gasteiger partial charge in [0.05, 0.1) is 16.6 Å². The number of aromatic nitrogens is 2. The molecule has 1 heterocycles. The first kappa shape index (κ1) is 19.8. The van der Waals surface area contributed by atoms with E-state index in [0.717, 1.165) is 11.1 Å². The van der Waals surface area contributed by atoms with Gasteiger partial charge in [0, 0.05) is 5.56 Å². The van der Waals surface area contributed by atoms with Crippen molar-refractivity contribution in [2.24, 2.45) is 0 Å². The number of nitrogens with one attached hydrogen (secondary N) is 2. The second-order valence-electron chi connectivity index (χ2n) is 6.35. The third-order valence-electron chi connectivity index (χ3n) is 4.43. The Morgan fingerprint density at radius 3 is 2.61 bits per heavy atom. The van der Waals surface area contributed by atoms with Gasteiger partial charge < -0.3 is 10.3 Å². The molecule has 0 radical (unpaired) electrons. The number of benzene rings is 2. The van der Waals surface area contributed by atoms with Crippen LogP contribution < -0.4 is 10.9 Å². The van der Waals surface area contributed by atoms with Gasteiger partial charge in [-0.3, -0.25) is 14.2 Å². The Morgan fingerprint density at radius 1 is 1.21 bits per heavy atom. The van der Waals surface area contributed by atoms with Crippen LogP contribution in [0.5, 0.6) is 0 Å². The van der Waals surface area contributed by atoms with Crippen LogP contribution in [0.4, 0.5) is 13.2 Å². The van der Waals surface area contributed by atoms with Gasteiger partial charge >= 0.3 is 6.18 Å². The van der Waals surface area contributed by atoms with E-state index in [2.05, 4.69) is 4.98 Å². The SMILES string of the molecule is Cc1cccc(-n2c(=S)[nH]c3cc(C(=O)NCC(F)(F)F)ccc3c2=O)c1C. The second-order valence-corrected chi connectivity index (χ2v) is 6.73. The van der Waals surface area contributed by atoms with E-state index in [4.69, 9.17) is 12.2 Å². The normalized spacial score (nSPS) is 11.6. The van der Waals surface area contributed by atoms with Crippen molar-refractivity contribution in [3.05, 3.63) is 68.2 Å². The molecule has 1 aromatic heterocycles. The molecule has 2 aromatic carbocycles. The topological polar surface area (TPSA) is 66.9 Å². The summed E-state index contributed by atoms with van der Waals surface area (Å²) in [6.45, 7) is 2.36. The van der Waals surface area contributed by atoms with E-state index in [1.165, 1.54) is 22.8 Å². The lowest BCUT2D eigenvalue weighted by atomic mass is 10.1. The molecule has 1 amide bonds. The molecule has 28 heavy (non-hydrogen) atoms. The summed E-state index contributed by atoms with van der Waals surface area (Å²) in [6, 6.07) is 9.53. The highest BCUT2D eigenvalue weighted by Crippen LogP contribution is 2.19.